The molecule has 0 bridgehead atoms. The zero-order valence-corrected chi connectivity index (χ0v) is 17.6. The maximum atomic E-state index is 13.5. The van der Waals surface area contributed by atoms with Crippen LogP contribution in [-0.2, 0) is 27.2 Å². The van der Waals surface area contributed by atoms with Gasteiger partial charge in [0.1, 0.15) is 6.04 Å². The highest BCUT2D eigenvalue weighted by atomic mass is 16.5. The van der Waals surface area contributed by atoms with Gasteiger partial charge in [0.05, 0.1) is 13.0 Å². The minimum atomic E-state index is -0.598. The van der Waals surface area contributed by atoms with Gasteiger partial charge in [-0.1, -0.05) is 42.5 Å². The number of rotatable bonds is 8. The van der Waals surface area contributed by atoms with Gasteiger partial charge < -0.3 is 14.6 Å². The quantitative estimate of drug-likeness (QED) is 0.573. The Hall–Kier alpha value is -3.08. The van der Waals surface area contributed by atoms with Gasteiger partial charge in [0.2, 0.25) is 5.91 Å². The molecular weight excluding hydrogens is 376 g/mol. The molecular formula is C25H28N2O3. The van der Waals surface area contributed by atoms with Crippen molar-refractivity contribution in [3.8, 4) is 0 Å². The first-order valence-electron chi connectivity index (χ1n) is 10.7. The third-order valence-electron chi connectivity index (χ3n) is 5.73. The van der Waals surface area contributed by atoms with Gasteiger partial charge in [0.25, 0.3) is 0 Å². The van der Waals surface area contributed by atoms with Crippen LogP contribution in [0.25, 0.3) is 10.9 Å². The Bertz CT molecular complexity index is 1040. The maximum absolute atomic E-state index is 13.5. The fourth-order valence-electron chi connectivity index (χ4n) is 4.20. The first kappa shape index (κ1) is 20.2. The van der Waals surface area contributed by atoms with E-state index in [1.807, 2.05) is 48.7 Å². The van der Waals surface area contributed by atoms with E-state index in [9.17, 15) is 9.59 Å². The van der Waals surface area contributed by atoms with Gasteiger partial charge in [-0.05, 0) is 49.4 Å². The van der Waals surface area contributed by atoms with Crippen molar-refractivity contribution in [2.45, 2.75) is 51.6 Å². The number of nitrogens with zero attached hydrogens (tertiary/aromatic N) is 1. The summed E-state index contributed by atoms with van der Waals surface area (Å²) in [6.45, 7) is 4.16. The number of hydrogen-bond donors (Lipinski definition) is 1. The third kappa shape index (κ3) is 4.25. The SMILES string of the molecule is CCOC(=O)C(Cc1ccccc1)N(C(=O)Cc1c[nH]c2cccc(C)c12)C1CC1. The number of carbonyl (C=O) groups is 2. The number of benzene rings is 2. The third-order valence-corrected chi connectivity index (χ3v) is 5.73. The molecule has 1 unspecified atom stereocenters. The van der Waals surface area contributed by atoms with Crippen LogP contribution in [0.1, 0.15) is 36.5 Å². The summed E-state index contributed by atoms with van der Waals surface area (Å²) in [4.78, 5) is 31.4. The number of amides is 1. The number of fused-ring (bicyclic) bond motifs is 1. The Morgan fingerprint density at radius 1 is 1.13 bits per heavy atom. The molecule has 1 N–H and O–H groups in total. The smallest absolute Gasteiger partial charge is 0.329 e. The minimum absolute atomic E-state index is 0.0179. The van der Waals surface area contributed by atoms with Gasteiger partial charge in [-0.2, -0.15) is 0 Å². The Morgan fingerprint density at radius 2 is 1.90 bits per heavy atom. The van der Waals surface area contributed by atoms with E-state index in [2.05, 4.69) is 18.0 Å². The molecule has 1 aromatic heterocycles. The van der Waals surface area contributed by atoms with Crippen molar-refractivity contribution in [3.05, 3.63) is 71.4 Å². The van der Waals surface area contributed by atoms with Crippen LogP contribution in [-0.4, -0.2) is 40.5 Å². The number of ether oxygens (including phenoxy) is 1. The lowest BCUT2D eigenvalue weighted by Gasteiger charge is -2.30. The lowest BCUT2D eigenvalue weighted by molar-refractivity contribution is -0.155. The normalized spacial score (nSPS) is 14.5. The molecule has 5 heteroatoms. The molecule has 1 amide bonds. The van der Waals surface area contributed by atoms with Crippen molar-refractivity contribution in [1.29, 1.82) is 0 Å². The summed E-state index contributed by atoms with van der Waals surface area (Å²) in [5.74, 6) is -0.340. The Kier molecular flexibility index (Phi) is 5.88. The van der Waals surface area contributed by atoms with E-state index in [0.717, 1.165) is 40.4 Å². The van der Waals surface area contributed by atoms with Gasteiger partial charge in [0, 0.05) is 29.6 Å². The summed E-state index contributed by atoms with van der Waals surface area (Å²) >= 11 is 0. The number of nitrogens with one attached hydrogen (secondary N) is 1. The molecule has 0 spiro atoms. The lowest BCUT2D eigenvalue weighted by Crippen LogP contribution is -2.49. The fraction of sp³-hybridized carbons (Fsp3) is 0.360. The molecule has 0 saturated heterocycles. The van der Waals surface area contributed by atoms with Crippen LogP contribution in [0.3, 0.4) is 0 Å². The highest BCUT2D eigenvalue weighted by Gasteiger charge is 2.41. The summed E-state index contributed by atoms with van der Waals surface area (Å²) in [7, 11) is 0. The zero-order valence-electron chi connectivity index (χ0n) is 17.6. The lowest BCUT2D eigenvalue weighted by atomic mass is 10.0. The van der Waals surface area contributed by atoms with E-state index in [4.69, 9.17) is 4.74 Å². The van der Waals surface area contributed by atoms with Gasteiger partial charge >= 0.3 is 5.97 Å². The molecule has 0 aliphatic heterocycles. The van der Waals surface area contributed by atoms with Crippen molar-refractivity contribution in [2.75, 3.05) is 6.61 Å². The molecule has 0 radical (unpaired) electrons. The van der Waals surface area contributed by atoms with E-state index < -0.39 is 6.04 Å². The zero-order chi connectivity index (χ0) is 21.1. The van der Waals surface area contributed by atoms with Crippen LogP contribution in [0.5, 0.6) is 0 Å². The summed E-state index contributed by atoms with van der Waals surface area (Å²) < 4.78 is 5.37. The molecule has 2 aromatic carbocycles. The Morgan fingerprint density at radius 3 is 2.60 bits per heavy atom. The van der Waals surface area contributed by atoms with Crippen LogP contribution in [0.2, 0.25) is 0 Å². The van der Waals surface area contributed by atoms with E-state index in [1.165, 1.54) is 0 Å². The summed E-state index contributed by atoms with van der Waals surface area (Å²) in [6.07, 6.45) is 4.52. The largest absolute Gasteiger partial charge is 0.464 e. The first-order chi connectivity index (χ1) is 14.6. The highest BCUT2D eigenvalue weighted by molar-refractivity contribution is 5.92. The van der Waals surface area contributed by atoms with E-state index >= 15 is 0 Å². The molecule has 1 fully saturated rings. The fourth-order valence-corrected chi connectivity index (χ4v) is 4.20. The second-order valence-corrected chi connectivity index (χ2v) is 7.98. The van der Waals surface area contributed by atoms with Crippen molar-refractivity contribution in [3.63, 3.8) is 0 Å². The van der Waals surface area contributed by atoms with E-state index in [-0.39, 0.29) is 24.3 Å². The first-order valence-corrected chi connectivity index (χ1v) is 10.7. The molecule has 1 heterocycles. The number of carbonyl (C=O) groups excluding carboxylic acids is 2. The minimum Gasteiger partial charge on any atom is -0.464 e. The number of aryl methyl sites for hydroxylation is 1. The highest BCUT2D eigenvalue weighted by Crippen LogP contribution is 2.32. The monoisotopic (exact) mass is 404 g/mol. The second-order valence-electron chi connectivity index (χ2n) is 7.98. The van der Waals surface area contributed by atoms with Gasteiger partial charge in [0.15, 0.2) is 0 Å². The number of hydrogen-bond acceptors (Lipinski definition) is 3. The van der Waals surface area contributed by atoms with Crippen LogP contribution < -0.4 is 0 Å². The van der Waals surface area contributed by atoms with E-state index in [1.54, 1.807) is 11.8 Å². The van der Waals surface area contributed by atoms with Crippen molar-refractivity contribution >= 4 is 22.8 Å². The maximum Gasteiger partial charge on any atom is 0.329 e. The number of aromatic nitrogens is 1. The Balaban J connectivity index is 1.62. The predicted octanol–water partition coefficient (Wildman–Crippen LogP) is 4.18. The average Bonchev–Trinajstić information content (AvgIpc) is 3.49. The molecule has 1 saturated carbocycles. The summed E-state index contributed by atoms with van der Waals surface area (Å²) in [5, 5.41) is 1.09. The number of esters is 1. The predicted molar refractivity (Wildman–Crippen MR) is 117 cm³/mol. The van der Waals surface area contributed by atoms with Crippen molar-refractivity contribution in [1.82, 2.24) is 9.88 Å². The standard InChI is InChI=1S/C25H28N2O3/c1-3-30-25(29)22(14-18-9-5-4-6-10-18)27(20-12-13-20)23(28)15-19-16-26-21-11-7-8-17(2)24(19)21/h4-11,16,20,22,26H,3,12-15H2,1-2H3. The molecule has 156 valence electrons. The van der Waals surface area contributed by atoms with E-state index in [0.29, 0.717) is 13.0 Å². The van der Waals surface area contributed by atoms with Crippen LogP contribution in [0.4, 0.5) is 0 Å². The van der Waals surface area contributed by atoms with Gasteiger partial charge in [-0.3, -0.25) is 4.79 Å². The topological polar surface area (TPSA) is 62.4 Å². The van der Waals surface area contributed by atoms with Gasteiger partial charge in [-0.25, -0.2) is 4.79 Å². The molecule has 1 aliphatic carbocycles. The molecule has 1 aliphatic rings. The molecule has 1 atom stereocenters. The van der Waals surface area contributed by atoms with Crippen LogP contribution in [0, 0.1) is 6.92 Å². The molecule has 30 heavy (non-hydrogen) atoms. The second kappa shape index (κ2) is 8.74. The van der Waals surface area contributed by atoms with Crippen molar-refractivity contribution < 1.29 is 14.3 Å². The molecule has 5 nitrogen and oxygen atoms in total. The summed E-state index contributed by atoms with van der Waals surface area (Å²) in [5.41, 5.74) is 4.17. The molecule has 4 rings (SSSR count). The van der Waals surface area contributed by atoms with Gasteiger partial charge in [-0.15, -0.1) is 0 Å². The van der Waals surface area contributed by atoms with Crippen LogP contribution in [0.15, 0.2) is 54.7 Å². The number of H-pyrrole nitrogens is 1. The van der Waals surface area contributed by atoms with Crippen molar-refractivity contribution in [2.24, 2.45) is 0 Å². The Labute approximate surface area is 177 Å². The summed E-state index contributed by atoms with van der Waals surface area (Å²) in [6, 6.07) is 15.4. The number of aromatic amines is 1. The average molecular weight is 405 g/mol. The van der Waals surface area contributed by atoms with Crippen LogP contribution >= 0.6 is 0 Å². The molecule has 3 aromatic rings.